The Hall–Kier alpha value is -2.23. The minimum atomic E-state index is -0.0782. The number of carbonyl (C=O) groups is 2. The standard InChI is InChI=1S/C16H16N2O2/c1-11(19)13-7-9-18(10-13)16(20)15-14-5-3-2-4-12(14)6-8-17-15/h2-6,8,13H,7,9-10H2,1H3/t13-/m0/s1. The molecule has 1 atom stereocenters. The van der Waals surface area contributed by atoms with Crippen molar-refractivity contribution in [1.29, 1.82) is 0 Å². The van der Waals surface area contributed by atoms with Crippen molar-refractivity contribution in [2.24, 2.45) is 5.92 Å². The number of pyridine rings is 1. The van der Waals surface area contributed by atoms with Crippen LogP contribution in [0.1, 0.15) is 23.8 Å². The third-order valence-corrected chi connectivity index (χ3v) is 3.93. The van der Waals surface area contributed by atoms with Crippen LogP contribution in [0.2, 0.25) is 0 Å². The fraction of sp³-hybridized carbons (Fsp3) is 0.312. The molecule has 4 nitrogen and oxygen atoms in total. The van der Waals surface area contributed by atoms with Gasteiger partial charge in [-0.15, -0.1) is 0 Å². The van der Waals surface area contributed by atoms with Gasteiger partial charge in [0.15, 0.2) is 0 Å². The Bertz CT molecular complexity index is 676. The summed E-state index contributed by atoms with van der Waals surface area (Å²) < 4.78 is 0. The van der Waals surface area contributed by atoms with Crippen LogP contribution in [-0.2, 0) is 4.79 Å². The topological polar surface area (TPSA) is 50.3 Å². The van der Waals surface area contributed by atoms with E-state index in [-0.39, 0.29) is 17.6 Å². The van der Waals surface area contributed by atoms with Crippen LogP contribution < -0.4 is 0 Å². The Morgan fingerprint density at radius 1 is 1.25 bits per heavy atom. The van der Waals surface area contributed by atoms with E-state index in [2.05, 4.69) is 4.98 Å². The quantitative estimate of drug-likeness (QED) is 0.839. The van der Waals surface area contributed by atoms with Crippen molar-refractivity contribution >= 4 is 22.5 Å². The van der Waals surface area contributed by atoms with Gasteiger partial charge in [0.25, 0.3) is 5.91 Å². The van der Waals surface area contributed by atoms with Gasteiger partial charge in [-0.2, -0.15) is 0 Å². The normalized spacial score (nSPS) is 18.4. The molecule has 0 saturated carbocycles. The van der Waals surface area contributed by atoms with Crippen molar-refractivity contribution in [2.45, 2.75) is 13.3 Å². The van der Waals surface area contributed by atoms with Gasteiger partial charge in [-0.05, 0) is 24.8 Å². The van der Waals surface area contributed by atoms with E-state index in [1.807, 2.05) is 30.3 Å². The second-order valence-corrected chi connectivity index (χ2v) is 5.23. The summed E-state index contributed by atoms with van der Waals surface area (Å²) in [6, 6.07) is 9.63. The van der Waals surface area contributed by atoms with Crippen LogP contribution in [0, 0.1) is 5.92 Å². The second-order valence-electron chi connectivity index (χ2n) is 5.23. The van der Waals surface area contributed by atoms with Gasteiger partial charge in [0.1, 0.15) is 11.5 Å². The van der Waals surface area contributed by atoms with E-state index in [9.17, 15) is 9.59 Å². The average Bonchev–Trinajstić information content (AvgIpc) is 2.96. The summed E-state index contributed by atoms with van der Waals surface area (Å²) >= 11 is 0. The van der Waals surface area contributed by atoms with Crippen molar-refractivity contribution in [1.82, 2.24) is 9.88 Å². The minimum absolute atomic E-state index is 0.0195. The van der Waals surface area contributed by atoms with E-state index < -0.39 is 0 Å². The maximum Gasteiger partial charge on any atom is 0.273 e. The lowest BCUT2D eigenvalue weighted by Crippen LogP contribution is -2.30. The fourth-order valence-electron chi connectivity index (χ4n) is 2.72. The predicted molar refractivity (Wildman–Crippen MR) is 76.4 cm³/mol. The van der Waals surface area contributed by atoms with Crippen LogP contribution >= 0.6 is 0 Å². The Kier molecular flexibility index (Phi) is 3.22. The molecule has 1 aromatic carbocycles. The van der Waals surface area contributed by atoms with Crippen LogP contribution in [-0.4, -0.2) is 34.7 Å². The van der Waals surface area contributed by atoms with Gasteiger partial charge in [0, 0.05) is 30.6 Å². The zero-order chi connectivity index (χ0) is 14.1. The number of likely N-dealkylation sites (tertiary alicyclic amines) is 1. The zero-order valence-electron chi connectivity index (χ0n) is 11.4. The average molecular weight is 268 g/mol. The Morgan fingerprint density at radius 3 is 2.80 bits per heavy atom. The molecule has 3 rings (SSSR count). The van der Waals surface area contributed by atoms with Crippen LogP contribution in [0.5, 0.6) is 0 Å². The van der Waals surface area contributed by atoms with Crippen LogP contribution in [0.25, 0.3) is 10.8 Å². The maximum atomic E-state index is 12.6. The van der Waals surface area contributed by atoms with Gasteiger partial charge >= 0.3 is 0 Å². The molecule has 1 amide bonds. The third kappa shape index (κ3) is 2.18. The van der Waals surface area contributed by atoms with Gasteiger partial charge in [0.2, 0.25) is 0 Å². The molecule has 0 aliphatic carbocycles. The van der Waals surface area contributed by atoms with Gasteiger partial charge in [0.05, 0.1) is 0 Å². The monoisotopic (exact) mass is 268 g/mol. The molecule has 0 radical (unpaired) electrons. The lowest BCUT2D eigenvalue weighted by Gasteiger charge is -2.16. The summed E-state index contributed by atoms with van der Waals surface area (Å²) in [4.78, 5) is 30.0. The Labute approximate surface area is 117 Å². The molecule has 102 valence electrons. The highest BCUT2D eigenvalue weighted by Gasteiger charge is 2.30. The van der Waals surface area contributed by atoms with E-state index in [4.69, 9.17) is 0 Å². The molecular formula is C16H16N2O2. The third-order valence-electron chi connectivity index (χ3n) is 3.93. The minimum Gasteiger partial charge on any atom is -0.337 e. The number of Topliss-reactive ketones (excluding diaryl/α,β-unsaturated/α-hetero) is 1. The lowest BCUT2D eigenvalue weighted by molar-refractivity contribution is -0.120. The Morgan fingerprint density at radius 2 is 2.05 bits per heavy atom. The summed E-state index contributed by atoms with van der Waals surface area (Å²) in [6.07, 6.45) is 2.42. The number of hydrogen-bond acceptors (Lipinski definition) is 3. The molecule has 1 aliphatic rings. The molecular weight excluding hydrogens is 252 g/mol. The highest BCUT2D eigenvalue weighted by atomic mass is 16.2. The number of ketones is 1. The fourth-order valence-corrected chi connectivity index (χ4v) is 2.72. The molecule has 2 aromatic rings. The second kappa shape index (κ2) is 5.04. The summed E-state index contributed by atoms with van der Waals surface area (Å²) in [6.45, 7) is 2.74. The van der Waals surface area contributed by atoms with E-state index in [0.717, 1.165) is 17.2 Å². The van der Waals surface area contributed by atoms with Crippen LogP contribution in [0.4, 0.5) is 0 Å². The molecule has 20 heavy (non-hydrogen) atoms. The number of amides is 1. The molecule has 0 unspecified atom stereocenters. The highest BCUT2D eigenvalue weighted by molar-refractivity contribution is 6.05. The maximum absolute atomic E-state index is 12.6. The van der Waals surface area contributed by atoms with Crippen LogP contribution in [0.3, 0.4) is 0 Å². The number of fused-ring (bicyclic) bond motifs is 1. The summed E-state index contributed by atoms with van der Waals surface area (Å²) in [7, 11) is 0. The first-order chi connectivity index (χ1) is 9.66. The smallest absolute Gasteiger partial charge is 0.273 e. The first kappa shape index (κ1) is 12.8. The zero-order valence-corrected chi connectivity index (χ0v) is 11.4. The molecule has 1 aromatic heterocycles. The SMILES string of the molecule is CC(=O)[C@H]1CCN(C(=O)c2nccc3ccccc23)C1. The molecule has 4 heteroatoms. The van der Waals surface area contributed by atoms with E-state index in [1.165, 1.54) is 0 Å². The van der Waals surface area contributed by atoms with Gasteiger partial charge in [-0.3, -0.25) is 14.6 Å². The van der Waals surface area contributed by atoms with E-state index in [0.29, 0.717) is 18.8 Å². The summed E-state index contributed by atoms with van der Waals surface area (Å²) in [5.74, 6) is 0.0608. The molecule has 0 spiro atoms. The van der Waals surface area contributed by atoms with E-state index >= 15 is 0 Å². The van der Waals surface area contributed by atoms with Crippen molar-refractivity contribution in [3.63, 3.8) is 0 Å². The number of carbonyl (C=O) groups excluding carboxylic acids is 2. The van der Waals surface area contributed by atoms with Gasteiger partial charge in [-0.1, -0.05) is 24.3 Å². The highest BCUT2D eigenvalue weighted by Crippen LogP contribution is 2.22. The van der Waals surface area contributed by atoms with Gasteiger partial charge < -0.3 is 4.90 Å². The molecule has 0 N–H and O–H groups in total. The van der Waals surface area contributed by atoms with Gasteiger partial charge in [-0.25, -0.2) is 0 Å². The summed E-state index contributed by atoms with van der Waals surface area (Å²) in [5, 5.41) is 1.87. The van der Waals surface area contributed by atoms with Crippen molar-refractivity contribution in [3.8, 4) is 0 Å². The molecule has 1 fully saturated rings. The summed E-state index contributed by atoms with van der Waals surface area (Å²) in [5.41, 5.74) is 0.479. The van der Waals surface area contributed by atoms with E-state index in [1.54, 1.807) is 18.0 Å². The number of aromatic nitrogens is 1. The lowest BCUT2D eigenvalue weighted by atomic mass is 10.1. The largest absolute Gasteiger partial charge is 0.337 e. The molecule has 2 heterocycles. The van der Waals surface area contributed by atoms with Crippen molar-refractivity contribution in [2.75, 3.05) is 13.1 Å². The van der Waals surface area contributed by atoms with Crippen molar-refractivity contribution in [3.05, 3.63) is 42.2 Å². The first-order valence-electron chi connectivity index (χ1n) is 6.80. The van der Waals surface area contributed by atoms with Crippen molar-refractivity contribution < 1.29 is 9.59 Å². The molecule has 1 aliphatic heterocycles. The Balaban J connectivity index is 1.92. The first-order valence-corrected chi connectivity index (χ1v) is 6.80. The predicted octanol–water partition coefficient (Wildman–Crippen LogP) is 2.29. The number of hydrogen-bond donors (Lipinski definition) is 0. The number of nitrogens with zero attached hydrogens (tertiary/aromatic N) is 2. The molecule has 1 saturated heterocycles. The van der Waals surface area contributed by atoms with Crippen LogP contribution in [0.15, 0.2) is 36.5 Å². The number of benzene rings is 1. The molecule has 0 bridgehead atoms. The number of rotatable bonds is 2.